The van der Waals surface area contributed by atoms with Gasteiger partial charge in [0.05, 0.1) is 6.54 Å². The number of rotatable bonds is 4. The largest absolute Gasteiger partial charge is 0.335 e. The van der Waals surface area contributed by atoms with Crippen molar-refractivity contribution in [1.82, 2.24) is 4.90 Å². The molecule has 1 aliphatic heterocycles. The van der Waals surface area contributed by atoms with Crippen LogP contribution in [0.3, 0.4) is 0 Å². The van der Waals surface area contributed by atoms with E-state index in [2.05, 4.69) is 0 Å². The Morgan fingerprint density at radius 3 is 2.84 bits per heavy atom. The summed E-state index contributed by atoms with van der Waals surface area (Å²) in [6, 6.07) is 5.67. The lowest BCUT2D eigenvalue weighted by atomic mass is 10.0. The Morgan fingerprint density at radius 2 is 2.16 bits per heavy atom. The van der Waals surface area contributed by atoms with Crippen LogP contribution in [0.2, 0.25) is 0 Å². The highest BCUT2D eigenvalue weighted by molar-refractivity contribution is 5.77. The summed E-state index contributed by atoms with van der Waals surface area (Å²) in [5.74, 6) is -0.396. The minimum atomic E-state index is -0.696. The number of nitro groups is 1. The predicted octanol–water partition coefficient (Wildman–Crippen LogP) is 1.64. The van der Waals surface area contributed by atoms with Crippen LogP contribution in [0.4, 0.5) is 4.39 Å². The first-order chi connectivity index (χ1) is 9.08. The van der Waals surface area contributed by atoms with Crippen molar-refractivity contribution in [3.05, 3.63) is 45.8 Å². The summed E-state index contributed by atoms with van der Waals surface area (Å²) in [6.07, 6.45) is 0.869. The molecule has 0 saturated carbocycles. The van der Waals surface area contributed by atoms with E-state index in [0.29, 0.717) is 24.9 Å². The highest BCUT2D eigenvalue weighted by Gasteiger charge is 2.32. The average molecular weight is 266 g/mol. The molecule has 6 heteroatoms. The van der Waals surface area contributed by atoms with Gasteiger partial charge in [0.1, 0.15) is 5.82 Å². The van der Waals surface area contributed by atoms with Crippen molar-refractivity contribution in [2.75, 3.05) is 13.1 Å². The molecule has 19 heavy (non-hydrogen) atoms. The summed E-state index contributed by atoms with van der Waals surface area (Å²) in [7, 11) is 0. The first kappa shape index (κ1) is 13.5. The second-order valence-electron chi connectivity index (χ2n) is 4.66. The number of likely N-dealkylation sites (tertiary alicyclic amines) is 1. The van der Waals surface area contributed by atoms with Crippen LogP contribution in [0, 0.1) is 15.9 Å². The van der Waals surface area contributed by atoms with Gasteiger partial charge in [-0.05, 0) is 18.1 Å². The molecule has 5 nitrogen and oxygen atoms in total. The molecular weight excluding hydrogens is 251 g/mol. The summed E-state index contributed by atoms with van der Waals surface area (Å²) in [5, 5.41) is 10.7. The monoisotopic (exact) mass is 266 g/mol. The van der Waals surface area contributed by atoms with E-state index in [1.807, 2.05) is 0 Å². The molecule has 102 valence electrons. The van der Waals surface area contributed by atoms with Crippen LogP contribution in [-0.4, -0.2) is 34.9 Å². The van der Waals surface area contributed by atoms with E-state index in [1.165, 1.54) is 11.0 Å². The number of carbonyl (C=O) groups excluding carboxylic acids is 1. The maximum absolute atomic E-state index is 13.4. The van der Waals surface area contributed by atoms with Gasteiger partial charge >= 0.3 is 0 Å². The first-order valence-electron chi connectivity index (χ1n) is 6.22. The zero-order valence-electron chi connectivity index (χ0n) is 10.4. The Hall–Kier alpha value is -1.98. The van der Waals surface area contributed by atoms with Crippen LogP contribution < -0.4 is 0 Å². The molecule has 1 saturated heterocycles. The summed E-state index contributed by atoms with van der Waals surface area (Å²) in [6.45, 7) is 0.449. The third-order valence-electron chi connectivity index (χ3n) is 3.38. The maximum atomic E-state index is 13.4. The van der Waals surface area contributed by atoms with Gasteiger partial charge in [0.2, 0.25) is 11.9 Å². The van der Waals surface area contributed by atoms with Gasteiger partial charge in [0, 0.05) is 24.3 Å². The van der Waals surface area contributed by atoms with E-state index < -0.39 is 6.04 Å². The lowest BCUT2D eigenvalue weighted by molar-refractivity contribution is -0.524. The Morgan fingerprint density at radius 1 is 1.42 bits per heavy atom. The van der Waals surface area contributed by atoms with Crippen molar-refractivity contribution >= 4 is 5.91 Å². The van der Waals surface area contributed by atoms with Crippen molar-refractivity contribution in [2.45, 2.75) is 25.3 Å². The number of hydrogen-bond donors (Lipinski definition) is 0. The highest BCUT2D eigenvalue weighted by atomic mass is 19.1. The Labute approximate surface area is 110 Å². The Bertz CT molecular complexity index is 493. The third-order valence-corrected chi connectivity index (χ3v) is 3.38. The fourth-order valence-electron chi connectivity index (χ4n) is 2.24. The molecule has 0 bridgehead atoms. The fraction of sp³-hybridized carbons (Fsp3) is 0.462. The SMILES string of the molecule is O=C1CC[C@H]([N+](=O)[O-])CN1CCc1ccccc1F. The Kier molecular flexibility index (Phi) is 4.09. The Balaban J connectivity index is 1.96. The molecule has 0 spiro atoms. The molecule has 0 unspecified atom stereocenters. The molecule has 0 aromatic heterocycles. The van der Waals surface area contributed by atoms with E-state index in [-0.39, 0.29) is 29.6 Å². The first-order valence-corrected chi connectivity index (χ1v) is 6.22. The van der Waals surface area contributed by atoms with Gasteiger partial charge < -0.3 is 4.90 Å². The van der Waals surface area contributed by atoms with Crippen LogP contribution in [-0.2, 0) is 11.2 Å². The van der Waals surface area contributed by atoms with Gasteiger partial charge in [-0.15, -0.1) is 0 Å². The van der Waals surface area contributed by atoms with Gasteiger partial charge in [-0.25, -0.2) is 4.39 Å². The van der Waals surface area contributed by atoms with Gasteiger partial charge in [0.25, 0.3) is 0 Å². The molecule has 1 aromatic rings. The molecule has 1 heterocycles. The number of piperidine rings is 1. The molecule has 1 atom stereocenters. The third kappa shape index (κ3) is 3.27. The minimum Gasteiger partial charge on any atom is -0.335 e. The summed E-state index contributed by atoms with van der Waals surface area (Å²) < 4.78 is 13.4. The number of nitrogens with zero attached hydrogens (tertiary/aromatic N) is 2. The maximum Gasteiger partial charge on any atom is 0.230 e. The van der Waals surface area contributed by atoms with E-state index in [1.54, 1.807) is 18.2 Å². The van der Waals surface area contributed by atoms with Crippen LogP contribution in [0.15, 0.2) is 24.3 Å². The lowest BCUT2D eigenvalue weighted by Gasteiger charge is -2.28. The molecule has 0 aliphatic carbocycles. The van der Waals surface area contributed by atoms with Gasteiger partial charge in [-0.1, -0.05) is 18.2 Å². The molecule has 1 aliphatic rings. The predicted molar refractivity (Wildman–Crippen MR) is 66.7 cm³/mol. The molecule has 2 rings (SSSR count). The van der Waals surface area contributed by atoms with E-state index in [0.717, 1.165) is 0 Å². The summed E-state index contributed by atoms with van der Waals surface area (Å²) in [4.78, 5) is 23.5. The summed E-state index contributed by atoms with van der Waals surface area (Å²) in [5.41, 5.74) is 0.526. The van der Waals surface area contributed by atoms with E-state index in [9.17, 15) is 19.3 Å². The van der Waals surface area contributed by atoms with E-state index >= 15 is 0 Å². The number of benzene rings is 1. The van der Waals surface area contributed by atoms with Crippen molar-refractivity contribution in [3.8, 4) is 0 Å². The zero-order chi connectivity index (χ0) is 13.8. The molecule has 0 radical (unpaired) electrons. The van der Waals surface area contributed by atoms with Crippen molar-refractivity contribution in [1.29, 1.82) is 0 Å². The standard InChI is InChI=1S/C13H15FN2O3/c14-12-4-2-1-3-10(12)7-8-15-9-11(16(18)19)5-6-13(15)17/h1-4,11H,5-9H2/t11-/m0/s1. The van der Waals surface area contributed by atoms with E-state index in [4.69, 9.17) is 0 Å². The number of carbonyl (C=O) groups is 1. The molecule has 1 amide bonds. The number of halogens is 1. The normalized spacial score (nSPS) is 19.5. The van der Waals surface area contributed by atoms with Gasteiger partial charge in [-0.2, -0.15) is 0 Å². The lowest BCUT2D eigenvalue weighted by Crippen LogP contribution is -2.46. The minimum absolute atomic E-state index is 0.0885. The van der Waals surface area contributed by atoms with Crippen molar-refractivity contribution in [2.24, 2.45) is 0 Å². The quantitative estimate of drug-likeness (QED) is 0.614. The average Bonchev–Trinajstić information content (AvgIpc) is 2.39. The molecule has 0 N–H and O–H groups in total. The van der Waals surface area contributed by atoms with Crippen LogP contribution in [0.1, 0.15) is 18.4 Å². The van der Waals surface area contributed by atoms with Crippen molar-refractivity contribution in [3.63, 3.8) is 0 Å². The second kappa shape index (κ2) is 5.77. The van der Waals surface area contributed by atoms with Crippen LogP contribution in [0.5, 0.6) is 0 Å². The van der Waals surface area contributed by atoms with Crippen LogP contribution >= 0.6 is 0 Å². The topological polar surface area (TPSA) is 63.4 Å². The number of amides is 1. The molecule has 1 fully saturated rings. The highest BCUT2D eigenvalue weighted by Crippen LogP contribution is 2.15. The van der Waals surface area contributed by atoms with Gasteiger partial charge in [-0.3, -0.25) is 14.9 Å². The van der Waals surface area contributed by atoms with Crippen molar-refractivity contribution < 1.29 is 14.1 Å². The second-order valence-corrected chi connectivity index (χ2v) is 4.66. The molecular formula is C13H15FN2O3. The van der Waals surface area contributed by atoms with Gasteiger partial charge in [0.15, 0.2) is 0 Å². The fourth-order valence-corrected chi connectivity index (χ4v) is 2.24. The smallest absolute Gasteiger partial charge is 0.230 e. The molecule has 1 aromatic carbocycles. The zero-order valence-corrected chi connectivity index (χ0v) is 10.4. The summed E-state index contributed by atoms with van der Waals surface area (Å²) >= 11 is 0. The number of hydrogen-bond acceptors (Lipinski definition) is 3. The van der Waals surface area contributed by atoms with Crippen LogP contribution in [0.25, 0.3) is 0 Å².